The van der Waals surface area contributed by atoms with Gasteiger partial charge in [0.1, 0.15) is 5.75 Å². The topological polar surface area (TPSA) is 38.8 Å². The SMILES string of the molecule is C=C1C(=O)N(c2ccccc2)C(=S)S1(OC)c1cc(C(C)(C)C)c(OC)c(C(C)(C)C)c1. The van der Waals surface area contributed by atoms with Crippen molar-refractivity contribution in [2.75, 3.05) is 19.1 Å². The number of methoxy groups -OCH3 is 1. The lowest BCUT2D eigenvalue weighted by molar-refractivity contribution is -0.113. The number of hydrogen-bond acceptors (Lipinski definition) is 4. The van der Waals surface area contributed by atoms with Crippen molar-refractivity contribution in [3.8, 4) is 5.75 Å². The number of hydrogen-bond donors (Lipinski definition) is 0. The molecule has 1 unspecified atom stereocenters. The smallest absolute Gasteiger partial charge is 0.271 e. The van der Waals surface area contributed by atoms with Gasteiger partial charge in [0, 0.05) is 23.1 Å². The molecule has 0 spiro atoms. The first-order chi connectivity index (χ1) is 14.8. The number of ether oxygens (including phenoxy) is 1. The van der Waals surface area contributed by atoms with Gasteiger partial charge in [-0.3, -0.25) is 9.69 Å². The number of anilines is 1. The summed E-state index contributed by atoms with van der Waals surface area (Å²) in [6.07, 6.45) is 0. The largest absolute Gasteiger partial charge is 0.496 e. The quantitative estimate of drug-likeness (QED) is 0.361. The van der Waals surface area contributed by atoms with Crippen LogP contribution in [0.2, 0.25) is 0 Å². The third-order valence-corrected chi connectivity index (χ3v) is 9.53. The number of benzene rings is 2. The van der Waals surface area contributed by atoms with Crippen molar-refractivity contribution >= 4 is 38.4 Å². The van der Waals surface area contributed by atoms with Crippen LogP contribution >= 0.6 is 22.5 Å². The van der Waals surface area contributed by atoms with Crippen molar-refractivity contribution in [1.82, 2.24) is 0 Å². The first-order valence-electron chi connectivity index (χ1n) is 10.5. The van der Waals surface area contributed by atoms with Gasteiger partial charge >= 0.3 is 0 Å². The second kappa shape index (κ2) is 8.32. The van der Waals surface area contributed by atoms with E-state index in [0.29, 0.717) is 9.23 Å². The van der Waals surface area contributed by atoms with Gasteiger partial charge in [0.15, 0.2) is 4.32 Å². The molecule has 0 radical (unpaired) electrons. The Kier molecular flexibility index (Phi) is 6.37. The number of nitrogens with zero attached hydrogens (tertiary/aromatic N) is 1. The molecular formula is C26H33NO3S2. The molecule has 172 valence electrons. The number of para-hydroxylation sites is 1. The molecule has 1 amide bonds. The van der Waals surface area contributed by atoms with Crippen LogP contribution in [0.15, 0.2) is 58.8 Å². The normalized spacial score (nSPS) is 21.6. The molecule has 1 fully saturated rings. The van der Waals surface area contributed by atoms with Gasteiger partial charge in [0.25, 0.3) is 5.91 Å². The minimum atomic E-state index is -2.41. The van der Waals surface area contributed by atoms with E-state index in [1.54, 1.807) is 19.1 Å². The van der Waals surface area contributed by atoms with Crippen LogP contribution < -0.4 is 9.64 Å². The zero-order chi connectivity index (χ0) is 24.1. The average molecular weight is 472 g/mol. The number of rotatable bonds is 4. The first kappa shape index (κ1) is 24.5. The Hall–Kier alpha value is -2.15. The van der Waals surface area contributed by atoms with Crippen molar-refractivity contribution in [1.29, 1.82) is 0 Å². The Labute approximate surface area is 199 Å². The third kappa shape index (κ3) is 3.78. The van der Waals surface area contributed by atoms with Crippen molar-refractivity contribution in [3.63, 3.8) is 0 Å². The van der Waals surface area contributed by atoms with E-state index in [4.69, 9.17) is 21.1 Å². The molecule has 1 heterocycles. The second-order valence-electron chi connectivity index (χ2n) is 9.94. The Bertz CT molecular complexity index is 1050. The van der Waals surface area contributed by atoms with Gasteiger partial charge < -0.3 is 8.92 Å². The molecule has 2 aromatic rings. The summed E-state index contributed by atoms with van der Waals surface area (Å²) >= 11 is 5.95. The highest BCUT2D eigenvalue weighted by Crippen LogP contribution is 2.69. The maximum Gasteiger partial charge on any atom is 0.271 e. The van der Waals surface area contributed by atoms with E-state index >= 15 is 0 Å². The molecule has 1 aliphatic heterocycles. The lowest BCUT2D eigenvalue weighted by Crippen LogP contribution is -2.29. The summed E-state index contributed by atoms with van der Waals surface area (Å²) in [5.74, 6) is 0.642. The highest BCUT2D eigenvalue weighted by molar-refractivity contribution is 8.50. The van der Waals surface area contributed by atoms with E-state index in [1.807, 2.05) is 30.3 Å². The first-order valence-corrected chi connectivity index (χ1v) is 12.5. The van der Waals surface area contributed by atoms with E-state index < -0.39 is 10.3 Å². The van der Waals surface area contributed by atoms with Crippen LogP contribution in [0, 0.1) is 0 Å². The van der Waals surface area contributed by atoms with Gasteiger partial charge in [0.2, 0.25) is 0 Å². The van der Waals surface area contributed by atoms with Crippen LogP contribution in [0.25, 0.3) is 0 Å². The van der Waals surface area contributed by atoms with Crippen LogP contribution in [-0.4, -0.2) is 24.4 Å². The fourth-order valence-electron chi connectivity index (χ4n) is 3.98. The fourth-order valence-corrected chi connectivity index (χ4v) is 7.54. The van der Waals surface area contributed by atoms with Gasteiger partial charge in [-0.05, 0) is 45.4 Å². The van der Waals surface area contributed by atoms with Crippen LogP contribution in [0.5, 0.6) is 5.75 Å². The van der Waals surface area contributed by atoms with E-state index in [9.17, 15) is 4.79 Å². The lowest BCUT2D eigenvalue weighted by Gasteiger charge is -2.37. The molecule has 0 aromatic heterocycles. The van der Waals surface area contributed by atoms with Gasteiger partial charge in [-0.1, -0.05) is 78.5 Å². The molecule has 0 aliphatic carbocycles. The third-order valence-electron chi connectivity index (χ3n) is 5.70. The Balaban J connectivity index is 2.35. The summed E-state index contributed by atoms with van der Waals surface area (Å²) in [7, 11) is 0.910. The maximum absolute atomic E-state index is 13.4. The number of carbonyl (C=O) groups excluding carboxylic acids is 1. The molecule has 0 bridgehead atoms. The van der Waals surface area contributed by atoms with Gasteiger partial charge in [-0.25, -0.2) is 0 Å². The maximum atomic E-state index is 13.4. The summed E-state index contributed by atoms with van der Waals surface area (Å²) in [6.45, 7) is 17.1. The fraction of sp³-hybridized carbons (Fsp3) is 0.385. The summed E-state index contributed by atoms with van der Waals surface area (Å²) < 4.78 is 12.5. The molecule has 1 aliphatic rings. The summed E-state index contributed by atoms with van der Waals surface area (Å²) in [6, 6.07) is 13.6. The Morgan fingerprint density at radius 2 is 1.44 bits per heavy atom. The van der Waals surface area contributed by atoms with Gasteiger partial charge in [0.05, 0.1) is 17.7 Å². The highest BCUT2D eigenvalue weighted by Gasteiger charge is 2.51. The average Bonchev–Trinajstić information content (AvgIpc) is 2.92. The number of carbonyl (C=O) groups is 1. The molecule has 0 saturated carbocycles. The molecule has 4 nitrogen and oxygen atoms in total. The van der Waals surface area contributed by atoms with Crippen molar-refractivity contribution in [2.24, 2.45) is 0 Å². The molecule has 1 saturated heterocycles. The molecule has 1 atom stereocenters. The van der Waals surface area contributed by atoms with Crippen molar-refractivity contribution in [3.05, 3.63) is 65.1 Å². The zero-order valence-corrected chi connectivity index (χ0v) is 21.9. The molecule has 6 heteroatoms. The summed E-state index contributed by atoms with van der Waals surface area (Å²) in [5.41, 5.74) is 2.43. The van der Waals surface area contributed by atoms with Crippen molar-refractivity contribution in [2.45, 2.75) is 57.3 Å². The number of amides is 1. The van der Waals surface area contributed by atoms with Crippen molar-refractivity contribution < 1.29 is 13.7 Å². The van der Waals surface area contributed by atoms with Crippen LogP contribution in [-0.2, 0) is 19.8 Å². The standard InChI is InChI=1S/C26H33NO3S2/c1-17-23(28)27(18-13-11-10-12-14-18)24(31)32(17,30-9)19-15-20(25(2,3)4)22(29-8)21(16-19)26(5,6)7/h10-16H,1H2,2-9H3. The van der Waals surface area contributed by atoms with Crippen LogP contribution in [0.3, 0.4) is 0 Å². The number of thiocarbonyl (C=S) groups is 1. The Morgan fingerprint density at radius 3 is 1.84 bits per heavy atom. The van der Waals surface area contributed by atoms with Crippen LogP contribution in [0.4, 0.5) is 5.69 Å². The monoisotopic (exact) mass is 471 g/mol. The second-order valence-corrected chi connectivity index (χ2v) is 13.4. The minimum Gasteiger partial charge on any atom is -0.496 e. The lowest BCUT2D eigenvalue weighted by atomic mass is 9.79. The van der Waals surface area contributed by atoms with Crippen LogP contribution in [0.1, 0.15) is 52.7 Å². The van der Waals surface area contributed by atoms with E-state index in [-0.39, 0.29) is 16.7 Å². The van der Waals surface area contributed by atoms with E-state index in [0.717, 1.165) is 27.5 Å². The molecule has 2 aromatic carbocycles. The minimum absolute atomic E-state index is 0.194. The van der Waals surface area contributed by atoms with Gasteiger partial charge in [-0.2, -0.15) is 0 Å². The van der Waals surface area contributed by atoms with E-state index in [2.05, 4.69) is 60.3 Å². The predicted molar refractivity (Wildman–Crippen MR) is 139 cm³/mol. The molecular weight excluding hydrogens is 438 g/mol. The highest BCUT2D eigenvalue weighted by atomic mass is 32.3. The summed E-state index contributed by atoms with van der Waals surface area (Å²) in [4.78, 5) is 16.2. The Morgan fingerprint density at radius 1 is 0.938 bits per heavy atom. The molecule has 32 heavy (non-hydrogen) atoms. The molecule has 3 rings (SSSR count). The zero-order valence-electron chi connectivity index (χ0n) is 20.2. The summed E-state index contributed by atoms with van der Waals surface area (Å²) in [5, 5.41) is 0. The van der Waals surface area contributed by atoms with E-state index in [1.165, 1.54) is 0 Å². The predicted octanol–water partition coefficient (Wildman–Crippen LogP) is 6.86. The van der Waals surface area contributed by atoms with Gasteiger partial charge in [-0.15, -0.1) is 0 Å². The molecule has 0 N–H and O–H groups in total.